The number of aryl methyl sites for hydroxylation is 2. The lowest BCUT2D eigenvalue weighted by Gasteiger charge is -2.03. The van der Waals surface area contributed by atoms with Crippen molar-refractivity contribution in [3.63, 3.8) is 0 Å². The highest BCUT2D eigenvalue weighted by molar-refractivity contribution is 6.08. The van der Waals surface area contributed by atoms with Crippen LogP contribution in [0.3, 0.4) is 0 Å². The molecule has 0 amide bonds. The standard InChI is InChI=1S/C20H18N2O4/c1-12-11-18(24)19(20(25)26-12)17(23)10-9-16-13(2)21-22(14(16)3)15-7-5-4-6-8-15/h4-11,24H,1-3H3/b10-9+. The molecule has 3 rings (SSSR count). The monoisotopic (exact) mass is 350 g/mol. The Balaban J connectivity index is 1.96. The van der Waals surface area contributed by atoms with E-state index in [0.29, 0.717) is 0 Å². The predicted octanol–water partition coefficient (Wildman–Crippen LogP) is 3.35. The second-order valence-corrected chi connectivity index (χ2v) is 5.93. The summed E-state index contributed by atoms with van der Waals surface area (Å²) in [6.45, 7) is 5.26. The molecule has 2 aromatic heterocycles. The van der Waals surface area contributed by atoms with Crippen molar-refractivity contribution in [1.82, 2.24) is 9.78 Å². The Bertz CT molecular complexity index is 1060. The van der Waals surface area contributed by atoms with E-state index in [1.54, 1.807) is 10.8 Å². The molecule has 0 saturated carbocycles. The van der Waals surface area contributed by atoms with Crippen LogP contribution in [-0.2, 0) is 0 Å². The molecule has 6 nitrogen and oxygen atoms in total. The molecule has 6 heteroatoms. The first-order chi connectivity index (χ1) is 12.4. The zero-order valence-corrected chi connectivity index (χ0v) is 14.7. The van der Waals surface area contributed by atoms with E-state index in [-0.39, 0.29) is 17.1 Å². The molecule has 1 N–H and O–H groups in total. The van der Waals surface area contributed by atoms with Gasteiger partial charge in [-0.05, 0) is 45.1 Å². The molecule has 0 aliphatic heterocycles. The van der Waals surface area contributed by atoms with E-state index in [1.807, 2.05) is 44.2 Å². The van der Waals surface area contributed by atoms with E-state index in [2.05, 4.69) is 5.10 Å². The Kier molecular flexibility index (Phi) is 4.58. The van der Waals surface area contributed by atoms with Crippen LogP contribution in [0.2, 0.25) is 0 Å². The van der Waals surface area contributed by atoms with Crippen LogP contribution in [0, 0.1) is 20.8 Å². The topological polar surface area (TPSA) is 85.3 Å². The van der Waals surface area contributed by atoms with Crippen molar-refractivity contribution in [2.75, 3.05) is 0 Å². The van der Waals surface area contributed by atoms with Crippen LogP contribution < -0.4 is 5.63 Å². The number of para-hydroxylation sites is 1. The smallest absolute Gasteiger partial charge is 0.351 e. The summed E-state index contributed by atoms with van der Waals surface area (Å²) in [6, 6.07) is 10.9. The van der Waals surface area contributed by atoms with Crippen LogP contribution in [0.15, 0.2) is 51.7 Å². The van der Waals surface area contributed by atoms with E-state index in [1.165, 1.54) is 19.1 Å². The first kappa shape index (κ1) is 17.4. The third-order valence-corrected chi connectivity index (χ3v) is 4.05. The van der Waals surface area contributed by atoms with Crippen molar-refractivity contribution in [3.8, 4) is 11.4 Å². The van der Waals surface area contributed by atoms with Crippen molar-refractivity contribution >= 4 is 11.9 Å². The summed E-state index contributed by atoms with van der Waals surface area (Å²) in [5.41, 5.74) is 2.06. The van der Waals surface area contributed by atoms with E-state index < -0.39 is 11.4 Å². The van der Waals surface area contributed by atoms with Gasteiger partial charge < -0.3 is 9.52 Å². The number of carbonyl (C=O) groups is 1. The first-order valence-electron chi connectivity index (χ1n) is 8.06. The van der Waals surface area contributed by atoms with Crippen molar-refractivity contribution < 1.29 is 14.3 Å². The van der Waals surface area contributed by atoms with Gasteiger partial charge in [0, 0.05) is 17.3 Å². The zero-order chi connectivity index (χ0) is 18.8. The molecule has 2 heterocycles. The van der Waals surface area contributed by atoms with Crippen LogP contribution in [-0.4, -0.2) is 20.7 Å². The Hall–Kier alpha value is -3.41. The molecule has 132 valence electrons. The maximum Gasteiger partial charge on any atom is 0.351 e. The Morgan fingerprint density at radius 3 is 2.54 bits per heavy atom. The molecule has 1 aromatic carbocycles. The summed E-state index contributed by atoms with van der Waals surface area (Å²) in [6.07, 6.45) is 2.84. The maximum absolute atomic E-state index is 12.3. The van der Waals surface area contributed by atoms with Gasteiger partial charge in [-0.1, -0.05) is 18.2 Å². The maximum atomic E-state index is 12.3. The number of aromatic nitrogens is 2. The summed E-state index contributed by atoms with van der Waals surface area (Å²) in [7, 11) is 0. The Morgan fingerprint density at radius 1 is 1.19 bits per heavy atom. The Labute approximate surface area is 150 Å². The van der Waals surface area contributed by atoms with E-state index >= 15 is 0 Å². The average Bonchev–Trinajstić information content (AvgIpc) is 2.87. The number of ketones is 1. The second-order valence-electron chi connectivity index (χ2n) is 5.93. The van der Waals surface area contributed by atoms with Crippen molar-refractivity contribution in [3.05, 3.63) is 81.2 Å². The number of nitrogens with zero attached hydrogens (tertiary/aromatic N) is 2. The first-order valence-corrected chi connectivity index (χ1v) is 8.06. The largest absolute Gasteiger partial charge is 0.507 e. The quantitative estimate of drug-likeness (QED) is 0.576. The van der Waals surface area contributed by atoms with Gasteiger partial charge in [0.1, 0.15) is 17.1 Å². The van der Waals surface area contributed by atoms with Crippen LogP contribution in [0.4, 0.5) is 0 Å². The summed E-state index contributed by atoms with van der Waals surface area (Å²) in [5.74, 6) is -0.770. The second kappa shape index (κ2) is 6.84. The summed E-state index contributed by atoms with van der Waals surface area (Å²) in [5, 5.41) is 14.4. The minimum Gasteiger partial charge on any atom is -0.507 e. The van der Waals surface area contributed by atoms with Gasteiger partial charge in [0.15, 0.2) is 5.78 Å². The third-order valence-electron chi connectivity index (χ3n) is 4.05. The van der Waals surface area contributed by atoms with Gasteiger partial charge in [-0.15, -0.1) is 0 Å². The predicted molar refractivity (Wildman–Crippen MR) is 97.8 cm³/mol. The number of aromatic hydroxyl groups is 1. The highest BCUT2D eigenvalue weighted by Gasteiger charge is 2.17. The van der Waals surface area contributed by atoms with Gasteiger partial charge in [0.2, 0.25) is 0 Å². The van der Waals surface area contributed by atoms with Gasteiger partial charge >= 0.3 is 5.63 Å². The molecule has 0 aliphatic rings. The summed E-state index contributed by atoms with van der Waals surface area (Å²) >= 11 is 0. The number of benzene rings is 1. The van der Waals surface area contributed by atoms with Crippen LogP contribution in [0.5, 0.6) is 5.75 Å². The minimum absolute atomic E-state index is 0.240. The molecule has 0 saturated heterocycles. The molecule has 0 fully saturated rings. The lowest BCUT2D eigenvalue weighted by Crippen LogP contribution is -2.13. The zero-order valence-electron chi connectivity index (χ0n) is 14.7. The molecule has 0 spiro atoms. The van der Waals surface area contributed by atoms with Gasteiger partial charge in [-0.2, -0.15) is 5.10 Å². The fraction of sp³-hybridized carbons (Fsp3) is 0.150. The van der Waals surface area contributed by atoms with Gasteiger partial charge in [0.05, 0.1) is 11.4 Å². The molecular weight excluding hydrogens is 332 g/mol. The SMILES string of the molecule is Cc1cc(O)c(C(=O)/C=C/c2c(C)nn(-c3ccccc3)c2C)c(=O)o1. The van der Waals surface area contributed by atoms with Gasteiger partial charge in [0.25, 0.3) is 0 Å². The van der Waals surface area contributed by atoms with Gasteiger partial charge in [-0.3, -0.25) is 4.79 Å². The molecule has 0 atom stereocenters. The number of hydrogen-bond donors (Lipinski definition) is 1. The van der Waals surface area contributed by atoms with Gasteiger partial charge in [-0.25, -0.2) is 9.48 Å². The highest BCUT2D eigenvalue weighted by Crippen LogP contribution is 2.20. The molecule has 0 bridgehead atoms. The normalized spacial score (nSPS) is 11.2. The fourth-order valence-corrected chi connectivity index (χ4v) is 2.78. The van der Waals surface area contributed by atoms with Crippen molar-refractivity contribution in [1.29, 1.82) is 0 Å². The summed E-state index contributed by atoms with van der Waals surface area (Å²) in [4.78, 5) is 24.2. The highest BCUT2D eigenvalue weighted by atomic mass is 16.4. The molecule has 3 aromatic rings. The number of rotatable bonds is 4. The minimum atomic E-state index is -0.856. The molecule has 0 aliphatic carbocycles. The van der Waals surface area contributed by atoms with Crippen LogP contribution in [0.1, 0.15) is 33.1 Å². The molecule has 0 unspecified atom stereocenters. The number of allylic oxidation sites excluding steroid dienone is 1. The van der Waals surface area contributed by atoms with E-state index in [4.69, 9.17) is 4.42 Å². The third kappa shape index (κ3) is 3.21. The molecule has 0 radical (unpaired) electrons. The van der Waals surface area contributed by atoms with Crippen molar-refractivity contribution in [2.45, 2.75) is 20.8 Å². The number of hydrogen-bond acceptors (Lipinski definition) is 5. The lowest BCUT2D eigenvalue weighted by atomic mass is 10.1. The Morgan fingerprint density at radius 2 is 1.88 bits per heavy atom. The average molecular weight is 350 g/mol. The van der Waals surface area contributed by atoms with E-state index in [9.17, 15) is 14.7 Å². The lowest BCUT2D eigenvalue weighted by molar-refractivity contribution is 0.104. The van der Waals surface area contributed by atoms with Crippen LogP contribution >= 0.6 is 0 Å². The van der Waals surface area contributed by atoms with Crippen molar-refractivity contribution in [2.24, 2.45) is 0 Å². The molecule has 26 heavy (non-hydrogen) atoms. The summed E-state index contributed by atoms with van der Waals surface area (Å²) < 4.78 is 6.67. The molecular formula is C20H18N2O4. The fourth-order valence-electron chi connectivity index (χ4n) is 2.78. The van der Waals surface area contributed by atoms with E-state index in [0.717, 1.165) is 22.6 Å². The number of carbonyl (C=O) groups excluding carboxylic acids is 1. The van der Waals surface area contributed by atoms with Crippen LogP contribution in [0.25, 0.3) is 11.8 Å².